The monoisotopic (exact) mass is 229 g/mol. The molecular formula is C9H12BrNO. The molecule has 0 saturated carbocycles. The number of aromatic nitrogens is 1. The fourth-order valence-corrected chi connectivity index (χ4v) is 1.92. The van der Waals surface area contributed by atoms with Crippen molar-refractivity contribution < 1.29 is 4.79 Å². The zero-order valence-electron chi connectivity index (χ0n) is 7.73. The van der Waals surface area contributed by atoms with Crippen molar-refractivity contribution in [3.8, 4) is 0 Å². The summed E-state index contributed by atoms with van der Waals surface area (Å²) in [5.74, 6) is 0.131. The first-order chi connectivity index (χ1) is 5.46. The molecule has 12 heavy (non-hydrogen) atoms. The van der Waals surface area contributed by atoms with Gasteiger partial charge >= 0.3 is 0 Å². The molecule has 0 saturated heterocycles. The van der Waals surface area contributed by atoms with Gasteiger partial charge in [0, 0.05) is 18.3 Å². The number of rotatable bonds is 1. The summed E-state index contributed by atoms with van der Waals surface area (Å²) in [7, 11) is 1.94. The van der Waals surface area contributed by atoms with Gasteiger partial charge in [-0.3, -0.25) is 4.79 Å². The molecule has 0 bridgehead atoms. The lowest BCUT2D eigenvalue weighted by Gasteiger charge is -1.97. The zero-order chi connectivity index (χ0) is 9.46. The molecule has 0 atom stereocenters. The lowest BCUT2D eigenvalue weighted by atomic mass is 10.1. The Morgan fingerprint density at radius 1 is 1.42 bits per heavy atom. The first-order valence-corrected chi connectivity index (χ1v) is 4.58. The third-order valence-electron chi connectivity index (χ3n) is 2.20. The van der Waals surface area contributed by atoms with Crippen LogP contribution in [0.15, 0.2) is 4.60 Å². The van der Waals surface area contributed by atoms with Gasteiger partial charge in [0.25, 0.3) is 0 Å². The average molecular weight is 230 g/mol. The van der Waals surface area contributed by atoms with Crippen molar-refractivity contribution >= 4 is 21.7 Å². The second-order valence-electron chi connectivity index (χ2n) is 2.99. The third-order valence-corrected chi connectivity index (χ3v) is 3.32. The van der Waals surface area contributed by atoms with Crippen LogP contribution in [0.1, 0.15) is 28.5 Å². The Labute approximate surface area is 80.7 Å². The number of carbonyl (C=O) groups excluding carboxylic acids is 1. The molecule has 2 nitrogen and oxygen atoms in total. The molecule has 0 N–H and O–H groups in total. The molecule has 66 valence electrons. The fraction of sp³-hybridized carbons (Fsp3) is 0.444. The maximum atomic E-state index is 11.2. The van der Waals surface area contributed by atoms with Crippen LogP contribution in [0, 0.1) is 13.8 Å². The Hall–Kier alpha value is -0.570. The number of nitrogens with zero attached hydrogens (tertiary/aromatic N) is 1. The number of hydrogen-bond acceptors (Lipinski definition) is 1. The van der Waals surface area contributed by atoms with Crippen LogP contribution in [-0.4, -0.2) is 10.4 Å². The topological polar surface area (TPSA) is 22.0 Å². The summed E-state index contributed by atoms with van der Waals surface area (Å²) in [6.45, 7) is 5.50. The number of halogens is 1. The minimum Gasteiger partial charge on any atom is -0.342 e. The van der Waals surface area contributed by atoms with Crippen molar-refractivity contribution in [2.45, 2.75) is 20.8 Å². The minimum atomic E-state index is 0.131. The Morgan fingerprint density at radius 3 is 2.08 bits per heavy atom. The molecule has 1 aromatic rings. The van der Waals surface area contributed by atoms with Gasteiger partial charge < -0.3 is 4.57 Å². The highest BCUT2D eigenvalue weighted by Gasteiger charge is 2.15. The van der Waals surface area contributed by atoms with Crippen LogP contribution in [-0.2, 0) is 7.05 Å². The van der Waals surface area contributed by atoms with E-state index >= 15 is 0 Å². The van der Waals surface area contributed by atoms with Gasteiger partial charge in [0.05, 0.1) is 4.60 Å². The van der Waals surface area contributed by atoms with Crippen molar-refractivity contribution in [1.29, 1.82) is 0 Å². The van der Waals surface area contributed by atoms with E-state index in [2.05, 4.69) is 15.9 Å². The minimum absolute atomic E-state index is 0.131. The molecule has 0 spiro atoms. The quantitative estimate of drug-likeness (QED) is 0.679. The summed E-state index contributed by atoms with van der Waals surface area (Å²) in [6.07, 6.45) is 0. The van der Waals surface area contributed by atoms with Crippen LogP contribution in [0.4, 0.5) is 0 Å². The van der Waals surface area contributed by atoms with E-state index in [4.69, 9.17) is 0 Å². The van der Waals surface area contributed by atoms with Crippen LogP contribution < -0.4 is 0 Å². The second-order valence-corrected chi connectivity index (χ2v) is 3.74. The molecular weight excluding hydrogens is 218 g/mol. The van der Waals surface area contributed by atoms with Gasteiger partial charge in [0.2, 0.25) is 0 Å². The van der Waals surface area contributed by atoms with Gasteiger partial charge in [0.1, 0.15) is 0 Å². The molecule has 0 radical (unpaired) electrons. The molecule has 0 aliphatic heterocycles. The Kier molecular flexibility index (Phi) is 2.42. The van der Waals surface area contributed by atoms with E-state index in [9.17, 15) is 4.79 Å². The van der Waals surface area contributed by atoms with Crippen LogP contribution in [0.3, 0.4) is 0 Å². The summed E-state index contributed by atoms with van der Waals surface area (Å²) >= 11 is 3.43. The zero-order valence-corrected chi connectivity index (χ0v) is 9.32. The normalized spacial score (nSPS) is 10.4. The van der Waals surface area contributed by atoms with Gasteiger partial charge in [-0.25, -0.2) is 0 Å². The van der Waals surface area contributed by atoms with Crippen LogP contribution in [0.25, 0.3) is 0 Å². The molecule has 0 aliphatic rings. The van der Waals surface area contributed by atoms with E-state index in [-0.39, 0.29) is 5.78 Å². The largest absolute Gasteiger partial charge is 0.342 e. The Bertz CT molecular complexity index is 313. The van der Waals surface area contributed by atoms with Gasteiger partial charge in [-0.2, -0.15) is 0 Å². The van der Waals surface area contributed by atoms with Gasteiger partial charge in [-0.05, 0) is 42.3 Å². The molecule has 0 unspecified atom stereocenters. The lowest BCUT2D eigenvalue weighted by Crippen LogP contribution is -1.97. The van der Waals surface area contributed by atoms with Crippen LogP contribution >= 0.6 is 15.9 Å². The highest BCUT2D eigenvalue weighted by atomic mass is 79.9. The summed E-state index contributed by atoms with van der Waals surface area (Å²) in [5.41, 5.74) is 2.89. The van der Waals surface area contributed by atoms with Crippen LogP contribution in [0.5, 0.6) is 0 Å². The SMILES string of the molecule is CC(=O)c1c(C)c(Br)n(C)c1C. The van der Waals surface area contributed by atoms with E-state index in [1.807, 2.05) is 25.5 Å². The second kappa shape index (κ2) is 3.05. The standard InChI is InChI=1S/C9H12BrNO/c1-5-8(7(3)12)6(2)11(4)9(5)10/h1-4H3. The van der Waals surface area contributed by atoms with Crippen LogP contribution in [0.2, 0.25) is 0 Å². The van der Waals surface area contributed by atoms with E-state index in [0.717, 1.165) is 21.4 Å². The van der Waals surface area contributed by atoms with Crippen molar-refractivity contribution in [2.24, 2.45) is 7.05 Å². The maximum Gasteiger partial charge on any atom is 0.161 e. The number of hydrogen-bond donors (Lipinski definition) is 0. The summed E-state index contributed by atoms with van der Waals surface area (Å²) in [5, 5.41) is 0. The van der Waals surface area contributed by atoms with Crippen molar-refractivity contribution in [2.75, 3.05) is 0 Å². The molecule has 3 heteroatoms. The van der Waals surface area contributed by atoms with Gasteiger partial charge in [0.15, 0.2) is 5.78 Å². The number of ketones is 1. The molecule has 1 aromatic heterocycles. The highest BCUT2D eigenvalue weighted by molar-refractivity contribution is 9.10. The lowest BCUT2D eigenvalue weighted by molar-refractivity contribution is 0.101. The summed E-state index contributed by atoms with van der Waals surface area (Å²) < 4.78 is 2.97. The van der Waals surface area contributed by atoms with Gasteiger partial charge in [-0.1, -0.05) is 0 Å². The fourth-order valence-electron chi connectivity index (χ4n) is 1.46. The van der Waals surface area contributed by atoms with E-state index in [0.29, 0.717) is 0 Å². The molecule has 0 amide bonds. The van der Waals surface area contributed by atoms with Crippen molar-refractivity contribution in [3.63, 3.8) is 0 Å². The van der Waals surface area contributed by atoms with Crippen molar-refractivity contribution in [1.82, 2.24) is 4.57 Å². The average Bonchev–Trinajstić information content (AvgIpc) is 2.16. The molecule has 1 heterocycles. The smallest absolute Gasteiger partial charge is 0.161 e. The highest BCUT2D eigenvalue weighted by Crippen LogP contribution is 2.25. The summed E-state index contributed by atoms with van der Waals surface area (Å²) in [4.78, 5) is 11.2. The maximum absolute atomic E-state index is 11.2. The summed E-state index contributed by atoms with van der Waals surface area (Å²) in [6, 6.07) is 0. The van der Waals surface area contributed by atoms with Gasteiger partial charge in [-0.15, -0.1) is 0 Å². The van der Waals surface area contributed by atoms with E-state index < -0.39 is 0 Å². The first kappa shape index (κ1) is 9.52. The molecule has 0 fully saturated rings. The van der Waals surface area contributed by atoms with E-state index in [1.54, 1.807) is 6.92 Å². The Balaban J connectivity index is 3.48. The predicted octanol–water partition coefficient (Wildman–Crippen LogP) is 2.61. The molecule has 0 aliphatic carbocycles. The molecule has 1 rings (SSSR count). The first-order valence-electron chi connectivity index (χ1n) is 3.79. The number of Topliss-reactive ketones (excluding diaryl/α,β-unsaturated/α-hetero) is 1. The van der Waals surface area contributed by atoms with E-state index in [1.165, 1.54) is 0 Å². The number of carbonyl (C=O) groups is 1. The predicted molar refractivity (Wildman–Crippen MR) is 52.6 cm³/mol. The Morgan fingerprint density at radius 2 is 1.92 bits per heavy atom. The van der Waals surface area contributed by atoms with Crippen molar-refractivity contribution in [3.05, 3.63) is 21.4 Å². The molecule has 0 aromatic carbocycles. The third kappa shape index (κ3) is 1.22.